The Morgan fingerprint density at radius 2 is 1.54 bits per heavy atom. The Bertz CT molecular complexity index is 1490. The average Bonchev–Trinajstić information content (AvgIpc) is 3.00. The number of guanidine groups is 2. The second-order valence-electron chi connectivity index (χ2n) is 14.6. The lowest BCUT2D eigenvalue weighted by Crippen LogP contribution is -2.43. The number of H-pyrrole nitrogens is 1. The largest absolute Gasteiger partial charge is 0.573 e. The minimum absolute atomic E-state index is 0.0541. The molecule has 3 rings (SSSR count). The van der Waals surface area contributed by atoms with Crippen molar-refractivity contribution in [3.63, 3.8) is 0 Å². The third kappa shape index (κ3) is 17.5. The maximum atomic E-state index is 12.6. The highest BCUT2D eigenvalue weighted by atomic mass is 19.4. The second-order valence-corrected chi connectivity index (χ2v) is 14.6. The Morgan fingerprint density at radius 3 is 2.02 bits per heavy atom. The Morgan fingerprint density at radius 1 is 0.981 bits per heavy atom. The summed E-state index contributed by atoms with van der Waals surface area (Å²) in [6, 6.07) is 4.72. The first-order valence-electron chi connectivity index (χ1n) is 17.2. The van der Waals surface area contributed by atoms with Gasteiger partial charge in [0.05, 0.1) is 11.9 Å². The quantitative estimate of drug-likeness (QED) is 0.0899. The van der Waals surface area contributed by atoms with Gasteiger partial charge in [0, 0.05) is 43.7 Å². The van der Waals surface area contributed by atoms with Gasteiger partial charge < -0.3 is 53.1 Å². The molecule has 2 aromatic rings. The van der Waals surface area contributed by atoms with E-state index in [0.717, 1.165) is 64.5 Å². The number of amides is 2. The fourth-order valence-corrected chi connectivity index (χ4v) is 5.29. The molecule has 0 spiro atoms. The first kappa shape index (κ1) is 43.4. The predicted octanol–water partition coefficient (Wildman–Crippen LogP) is 3.42. The van der Waals surface area contributed by atoms with Gasteiger partial charge in [-0.15, -0.1) is 13.2 Å². The van der Waals surface area contributed by atoms with Crippen LogP contribution in [0.4, 0.5) is 29.3 Å². The Hall–Kier alpha value is -4.74. The summed E-state index contributed by atoms with van der Waals surface area (Å²) in [5.41, 5.74) is 21.6. The number of aliphatic imine (C=N–C) groups is 2. The maximum Gasteiger partial charge on any atom is 0.573 e. The number of aromatic nitrogens is 2. The van der Waals surface area contributed by atoms with Crippen LogP contribution in [0.15, 0.2) is 45.2 Å². The first-order valence-corrected chi connectivity index (χ1v) is 17.2. The number of hydrogen-bond acceptors (Lipinski definition) is 8. The normalized spacial score (nSPS) is 13.8. The SMILES string of the molecule is CC(C)(C)NC(=O)Nc1ccccc1OC(F)(F)F.CC(C)(C)c1ncc(N2CCC(CN(CCCN=C(N)N)CCCN=C(N)N)CC2)c(=O)[nH]1. The highest BCUT2D eigenvalue weighted by Crippen LogP contribution is 2.30. The maximum absolute atomic E-state index is 12.6. The van der Waals surface area contributed by atoms with Crippen LogP contribution in [0.3, 0.4) is 0 Å². The second kappa shape index (κ2) is 19.8. The number of piperidine rings is 1. The van der Waals surface area contributed by atoms with Crippen molar-refractivity contribution in [1.82, 2.24) is 20.2 Å². The van der Waals surface area contributed by atoms with Gasteiger partial charge in [-0.25, -0.2) is 9.78 Å². The minimum atomic E-state index is -4.81. The van der Waals surface area contributed by atoms with Gasteiger partial charge >= 0.3 is 12.4 Å². The van der Waals surface area contributed by atoms with E-state index in [0.29, 0.717) is 30.5 Å². The van der Waals surface area contributed by atoms with Crippen LogP contribution in [0.25, 0.3) is 0 Å². The summed E-state index contributed by atoms with van der Waals surface area (Å²) >= 11 is 0. The fraction of sp³-hybridized carbons (Fsp3) is 0.618. The number of nitrogens with two attached hydrogens (primary N) is 4. The number of benzene rings is 1. The number of aromatic amines is 1. The molecule has 15 nitrogen and oxygen atoms in total. The molecule has 1 aliphatic heterocycles. The van der Waals surface area contributed by atoms with Crippen LogP contribution in [0.5, 0.6) is 5.75 Å². The van der Waals surface area contributed by atoms with Gasteiger partial charge in [-0.05, 0) is 77.6 Å². The van der Waals surface area contributed by atoms with Crippen molar-refractivity contribution in [3.8, 4) is 5.75 Å². The monoisotopic (exact) mass is 738 g/mol. The van der Waals surface area contributed by atoms with E-state index >= 15 is 0 Å². The molecule has 0 bridgehead atoms. The molecular weight excluding hydrogens is 681 g/mol. The fourth-order valence-electron chi connectivity index (χ4n) is 5.29. The standard InChI is InChI=1S/C22H42N10O.C12H15F3N2O2/c1-22(2,3)19-29-14-17(18(33)30-19)32-12-6-16(7-13-32)15-31(10-4-8-27-20(23)24)11-5-9-28-21(25)26;1-11(2,3)17-10(18)16-8-6-4-5-7-9(8)19-12(13,14)15/h14,16H,4-13,15H2,1-3H3,(H4,23,24,27)(H4,25,26,28)(H,29,30,33);4-7H,1-3H3,(H2,16,17,18). The minimum Gasteiger partial charge on any atom is -0.404 e. The van der Waals surface area contributed by atoms with E-state index in [1.54, 1.807) is 27.0 Å². The van der Waals surface area contributed by atoms with Crippen LogP contribution in [0.1, 0.15) is 73.1 Å². The van der Waals surface area contributed by atoms with Crippen LogP contribution in [-0.2, 0) is 5.41 Å². The van der Waals surface area contributed by atoms with Crippen LogP contribution in [0, 0.1) is 5.92 Å². The molecule has 1 aliphatic rings. The number of nitrogens with zero attached hydrogens (tertiary/aromatic N) is 5. The van der Waals surface area contributed by atoms with Crippen molar-refractivity contribution in [2.75, 3.05) is 56.0 Å². The first-order chi connectivity index (χ1) is 24.1. The van der Waals surface area contributed by atoms with E-state index in [9.17, 15) is 22.8 Å². The van der Waals surface area contributed by atoms with Crippen LogP contribution in [0.2, 0.25) is 0 Å². The zero-order chi connectivity index (χ0) is 39.1. The summed E-state index contributed by atoms with van der Waals surface area (Å²) in [5, 5.41) is 4.89. The number of nitrogens with one attached hydrogen (secondary N) is 3. The Kier molecular flexibility index (Phi) is 16.5. The summed E-state index contributed by atoms with van der Waals surface area (Å²) in [4.78, 5) is 44.4. The molecule has 292 valence electrons. The number of alkyl halides is 3. The van der Waals surface area contributed by atoms with E-state index < -0.39 is 23.7 Å². The number of carbonyl (C=O) groups is 1. The van der Waals surface area contributed by atoms with E-state index in [2.05, 4.69) is 45.1 Å². The topological polar surface area (TPSA) is 231 Å². The zero-order valence-electron chi connectivity index (χ0n) is 31.1. The molecular formula is C34H57F3N12O3. The lowest BCUT2D eigenvalue weighted by atomic mass is 9.95. The van der Waals surface area contributed by atoms with Gasteiger partial charge in [0.1, 0.15) is 11.5 Å². The highest BCUT2D eigenvalue weighted by Gasteiger charge is 2.32. The molecule has 1 aromatic carbocycles. The number of para-hydroxylation sites is 2. The summed E-state index contributed by atoms with van der Waals surface area (Å²) in [6.07, 6.45) is 0.746. The van der Waals surface area contributed by atoms with E-state index in [1.165, 1.54) is 18.2 Å². The molecule has 52 heavy (non-hydrogen) atoms. The smallest absolute Gasteiger partial charge is 0.404 e. The lowest BCUT2D eigenvalue weighted by Gasteiger charge is -2.35. The van der Waals surface area contributed by atoms with Crippen molar-refractivity contribution in [2.24, 2.45) is 38.8 Å². The van der Waals surface area contributed by atoms with Gasteiger partial charge in [0.25, 0.3) is 5.56 Å². The van der Waals surface area contributed by atoms with Crippen molar-refractivity contribution >= 4 is 29.3 Å². The van der Waals surface area contributed by atoms with Crippen molar-refractivity contribution in [2.45, 2.75) is 84.5 Å². The number of carbonyl (C=O) groups excluding carboxylic acids is 1. The highest BCUT2D eigenvalue weighted by molar-refractivity contribution is 5.91. The molecule has 1 saturated heterocycles. The zero-order valence-corrected chi connectivity index (χ0v) is 31.1. The van der Waals surface area contributed by atoms with Gasteiger partial charge in [-0.3, -0.25) is 14.8 Å². The van der Waals surface area contributed by atoms with E-state index in [4.69, 9.17) is 22.9 Å². The van der Waals surface area contributed by atoms with Gasteiger partial charge in [0.15, 0.2) is 17.7 Å². The lowest BCUT2D eigenvalue weighted by molar-refractivity contribution is -0.274. The summed E-state index contributed by atoms with van der Waals surface area (Å²) in [7, 11) is 0. The average molecular weight is 739 g/mol. The third-order valence-corrected chi connectivity index (χ3v) is 7.67. The molecule has 0 atom stereocenters. The predicted molar refractivity (Wildman–Crippen MR) is 201 cm³/mol. The van der Waals surface area contributed by atoms with E-state index in [-0.39, 0.29) is 28.6 Å². The summed E-state index contributed by atoms with van der Waals surface area (Å²) in [6.45, 7) is 17.1. The molecule has 1 fully saturated rings. The van der Waals surface area contributed by atoms with E-state index in [1.807, 2.05) is 20.8 Å². The van der Waals surface area contributed by atoms with Crippen molar-refractivity contribution in [3.05, 3.63) is 46.6 Å². The molecule has 18 heteroatoms. The van der Waals surface area contributed by atoms with Crippen molar-refractivity contribution in [1.29, 1.82) is 0 Å². The molecule has 2 heterocycles. The number of urea groups is 1. The van der Waals surface area contributed by atoms with Crippen LogP contribution in [-0.4, -0.2) is 90.5 Å². The van der Waals surface area contributed by atoms with Crippen LogP contribution < -0.4 is 48.8 Å². The van der Waals surface area contributed by atoms with Gasteiger partial charge in [-0.2, -0.15) is 0 Å². The molecule has 0 radical (unpaired) electrons. The molecule has 2 amide bonds. The van der Waals surface area contributed by atoms with Gasteiger partial charge in [0.2, 0.25) is 0 Å². The number of halogens is 3. The third-order valence-electron chi connectivity index (χ3n) is 7.67. The Balaban J connectivity index is 0.000000418. The van der Waals surface area contributed by atoms with Crippen LogP contribution >= 0.6 is 0 Å². The molecule has 0 unspecified atom stereocenters. The van der Waals surface area contributed by atoms with Crippen molar-refractivity contribution < 1.29 is 22.7 Å². The number of ether oxygens (including phenoxy) is 1. The molecule has 1 aromatic heterocycles. The molecule has 11 N–H and O–H groups in total. The number of anilines is 2. The number of hydrogen-bond donors (Lipinski definition) is 7. The summed E-state index contributed by atoms with van der Waals surface area (Å²) in [5.74, 6) is 1.07. The molecule has 0 aliphatic carbocycles. The molecule has 0 saturated carbocycles. The Labute approximate surface area is 303 Å². The summed E-state index contributed by atoms with van der Waals surface area (Å²) < 4.78 is 40.4. The number of rotatable bonds is 13. The van der Waals surface area contributed by atoms with Gasteiger partial charge in [-0.1, -0.05) is 32.9 Å².